The number of nitrogens with one attached hydrogen (secondary N) is 1. The van der Waals surface area contributed by atoms with Gasteiger partial charge in [0.05, 0.1) is 4.90 Å². The van der Waals surface area contributed by atoms with E-state index in [2.05, 4.69) is 15.5 Å². The maximum absolute atomic E-state index is 11.9. The number of aryl methyl sites for hydroxylation is 1. The van der Waals surface area contributed by atoms with Crippen LogP contribution in [0.3, 0.4) is 0 Å². The number of hydrogen-bond acceptors (Lipinski definition) is 11. The monoisotopic (exact) mass is 623 g/mol. The topological polar surface area (TPSA) is 221 Å². The summed E-state index contributed by atoms with van der Waals surface area (Å²) >= 11 is -2.95. The SMILES string of the molecule is Cc1ccc(N=Nc2c(OS(=O)O)cc3cc(S(=O)(=O)O)cc(NCOc4ccccc4)c3c2O)c(S(=O)(=O)O)c1. The third-order valence-corrected chi connectivity index (χ3v) is 7.51. The molecule has 14 nitrogen and oxygen atoms in total. The fourth-order valence-corrected chi connectivity index (χ4v) is 5.24. The van der Waals surface area contributed by atoms with Crippen LogP contribution in [-0.4, -0.2) is 46.5 Å². The molecule has 0 radical (unpaired) electrons. The van der Waals surface area contributed by atoms with E-state index in [-0.39, 0.29) is 28.9 Å². The summed E-state index contributed by atoms with van der Waals surface area (Å²) in [6, 6.07) is 15.4. The van der Waals surface area contributed by atoms with Crippen LogP contribution in [0.15, 0.2) is 86.7 Å². The minimum Gasteiger partial charge on any atom is -0.505 e. The minimum atomic E-state index is -4.76. The van der Waals surface area contributed by atoms with Crippen LogP contribution in [0.1, 0.15) is 5.56 Å². The number of para-hydroxylation sites is 1. The molecule has 0 aliphatic heterocycles. The molecule has 17 heteroatoms. The predicted molar refractivity (Wildman–Crippen MR) is 148 cm³/mol. The third kappa shape index (κ3) is 7.15. The zero-order valence-corrected chi connectivity index (χ0v) is 23.3. The Morgan fingerprint density at radius 2 is 1.63 bits per heavy atom. The number of benzene rings is 4. The first-order chi connectivity index (χ1) is 19.2. The molecule has 0 spiro atoms. The number of fused-ring (bicyclic) bond motifs is 1. The first-order valence-corrected chi connectivity index (χ1v) is 15.2. The van der Waals surface area contributed by atoms with Gasteiger partial charge in [0.1, 0.15) is 16.3 Å². The van der Waals surface area contributed by atoms with E-state index in [9.17, 15) is 39.8 Å². The van der Waals surface area contributed by atoms with E-state index >= 15 is 0 Å². The summed E-state index contributed by atoms with van der Waals surface area (Å²) in [7, 11) is -9.49. The number of ether oxygens (including phenoxy) is 1. The van der Waals surface area contributed by atoms with E-state index in [0.717, 1.165) is 24.3 Å². The Bertz CT molecular complexity index is 1900. The molecule has 0 aromatic heterocycles. The lowest BCUT2D eigenvalue weighted by Gasteiger charge is -2.16. The molecule has 5 N–H and O–H groups in total. The van der Waals surface area contributed by atoms with E-state index in [1.54, 1.807) is 37.3 Å². The van der Waals surface area contributed by atoms with E-state index in [1.807, 2.05) is 0 Å². The first kappa shape index (κ1) is 29.8. The van der Waals surface area contributed by atoms with Gasteiger partial charge in [0.15, 0.2) is 23.9 Å². The standard InChI is InChI=1S/C24H21N3O11S3/c1-14-7-8-18(21(9-14)41(34,35)36)26-27-23-20(38-39(29)30)11-15-10-17(40(31,32)33)12-19(22(15)24(23)28)25-13-37-16-5-3-2-4-6-16/h2-12,25,28H,13H2,1H3,(H,29,30)(H,31,32,33)(H,34,35,36). The number of phenolic OH excluding ortho intramolecular Hbond substituents is 1. The van der Waals surface area contributed by atoms with Crippen LogP contribution in [0, 0.1) is 6.92 Å². The van der Waals surface area contributed by atoms with E-state index in [4.69, 9.17) is 8.92 Å². The summed E-state index contributed by atoms with van der Waals surface area (Å²) in [5.74, 6) is -0.821. The van der Waals surface area contributed by atoms with Crippen molar-refractivity contribution in [1.82, 2.24) is 0 Å². The molecule has 0 fully saturated rings. The number of rotatable bonds is 10. The molecule has 0 heterocycles. The van der Waals surface area contributed by atoms with Gasteiger partial charge in [-0.2, -0.15) is 21.0 Å². The molecule has 41 heavy (non-hydrogen) atoms. The van der Waals surface area contributed by atoms with Crippen molar-refractivity contribution >= 4 is 59.4 Å². The van der Waals surface area contributed by atoms with Gasteiger partial charge < -0.3 is 19.3 Å². The van der Waals surface area contributed by atoms with Gasteiger partial charge in [-0.3, -0.25) is 13.7 Å². The first-order valence-electron chi connectivity index (χ1n) is 11.3. The summed E-state index contributed by atoms with van der Waals surface area (Å²) in [5, 5.41) is 21.5. The van der Waals surface area contributed by atoms with Gasteiger partial charge in [-0.05, 0) is 60.3 Å². The van der Waals surface area contributed by atoms with Crippen molar-refractivity contribution in [3.05, 3.63) is 72.3 Å². The van der Waals surface area contributed by atoms with Crippen molar-refractivity contribution in [2.75, 3.05) is 12.0 Å². The smallest absolute Gasteiger partial charge is 0.357 e. The van der Waals surface area contributed by atoms with Gasteiger partial charge in [-0.25, -0.2) is 0 Å². The fraction of sp³-hybridized carbons (Fsp3) is 0.0833. The maximum atomic E-state index is 11.9. The Balaban J connectivity index is 1.90. The molecular weight excluding hydrogens is 602 g/mol. The van der Waals surface area contributed by atoms with Crippen molar-refractivity contribution < 1.29 is 48.7 Å². The number of aromatic hydroxyl groups is 1. The van der Waals surface area contributed by atoms with Crippen LogP contribution in [-0.2, 0) is 31.6 Å². The Hall–Kier alpha value is -4.13. The molecule has 4 rings (SSSR count). The molecule has 0 bridgehead atoms. The van der Waals surface area contributed by atoms with Gasteiger partial charge in [-0.1, -0.05) is 24.3 Å². The van der Waals surface area contributed by atoms with E-state index in [1.165, 1.54) is 12.1 Å². The Morgan fingerprint density at radius 1 is 0.927 bits per heavy atom. The molecule has 0 aliphatic carbocycles. The lowest BCUT2D eigenvalue weighted by atomic mass is 10.1. The van der Waals surface area contributed by atoms with E-state index in [0.29, 0.717) is 11.3 Å². The highest BCUT2D eigenvalue weighted by atomic mass is 32.2. The number of azo groups is 1. The van der Waals surface area contributed by atoms with Gasteiger partial charge in [-0.15, -0.1) is 10.2 Å². The van der Waals surface area contributed by atoms with Crippen molar-refractivity contribution in [2.24, 2.45) is 10.2 Å². The van der Waals surface area contributed by atoms with Crippen molar-refractivity contribution in [3.8, 4) is 17.2 Å². The van der Waals surface area contributed by atoms with Gasteiger partial charge in [0, 0.05) is 11.1 Å². The summed E-state index contributed by atoms with van der Waals surface area (Å²) < 4.78 is 98.1. The summed E-state index contributed by atoms with van der Waals surface area (Å²) in [6.07, 6.45) is 0. The average Bonchev–Trinajstić information content (AvgIpc) is 2.88. The number of phenols is 1. The molecule has 0 saturated carbocycles. The lowest BCUT2D eigenvalue weighted by Crippen LogP contribution is -2.10. The van der Waals surface area contributed by atoms with Crippen molar-refractivity contribution in [1.29, 1.82) is 0 Å². The second kappa shape index (κ2) is 11.8. The highest BCUT2D eigenvalue weighted by Crippen LogP contribution is 2.47. The molecule has 0 saturated heterocycles. The molecule has 1 atom stereocenters. The molecule has 4 aromatic carbocycles. The van der Waals surface area contributed by atoms with Gasteiger partial charge >= 0.3 is 11.4 Å². The van der Waals surface area contributed by atoms with Crippen LogP contribution in [0.25, 0.3) is 10.8 Å². The fourth-order valence-electron chi connectivity index (χ4n) is 3.71. The number of nitrogens with zero attached hydrogens (tertiary/aromatic N) is 2. The van der Waals surface area contributed by atoms with Crippen LogP contribution in [0.4, 0.5) is 17.1 Å². The number of anilines is 1. The molecule has 1 unspecified atom stereocenters. The highest BCUT2D eigenvalue weighted by Gasteiger charge is 2.23. The van der Waals surface area contributed by atoms with Gasteiger partial charge in [0.2, 0.25) is 0 Å². The molecular formula is C24H21N3O11S3. The van der Waals surface area contributed by atoms with Crippen molar-refractivity contribution in [2.45, 2.75) is 16.7 Å². The molecule has 0 aliphatic rings. The van der Waals surface area contributed by atoms with Crippen LogP contribution in [0.2, 0.25) is 0 Å². The Labute approximate surface area is 236 Å². The van der Waals surface area contributed by atoms with Crippen molar-refractivity contribution in [3.63, 3.8) is 0 Å². The Kier molecular flexibility index (Phi) is 8.57. The van der Waals surface area contributed by atoms with E-state index < -0.39 is 58.6 Å². The third-order valence-electron chi connectivity index (χ3n) is 5.48. The summed E-state index contributed by atoms with van der Waals surface area (Å²) in [4.78, 5) is -1.18. The second-order valence-electron chi connectivity index (χ2n) is 8.34. The summed E-state index contributed by atoms with van der Waals surface area (Å²) in [6.45, 7) is 1.34. The molecule has 0 amide bonds. The highest BCUT2D eigenvalue weighted by molar-refractivity contribution is 7.86. The zero-order valence-electron chi connectivity index (χ0n) is 20.8. The van der Waals surface area contributed by atoms with Crippen LogP contribution >= 0.6 is 0 Å². The lowest BCUT2D eigenvalue weighted by molar-refractivity contribution is 0.347. The minimum absolute atomic E-state index is 0.0642. The zero-order chi connectivity index (χ0) is 29.9. The Morgan fingerprint density at radius 3 is 2.27 bits per heavy atom. The van der Waals surface area contributed by atoms with Crippen LogP contribution in [0.5, 0.6) is 17.2 Å². The van der Waals surface area contributed by atoms with Gasteiger partial charge in [0.25, 0.3) is 20.2 Å². The molecule has 216 valence electrons. The van der Waals surface area contributed by atoms with Crippen LogP contribution < -0.4 is 14.2 Å². The second-order valence-corrected chi connectivity index (χ2v) is 11.8. The average molecular weight is 624 g/mol. The molecule has 4 aromatic rings. The normalized spacial score (nSPS) is 12.9. The maximum Gasteiger partial charge on any atom is 0.357 e. The largest absolute Gasteiger partial charge is 0.505 e. The summed E-state index contributed by atoms with van der Waals surface area (Å²) in [5.41, 5.74) is -0.461. The number of hydrogen-bond donors (Lipinski definition) is 5. The quantitative estimate of drug-likeness (QED) is 0.0700. The predicted octanol–water partition coefficient (Wildman–Crippen LogP) is 4.73.